The van der Waals surface area contributed by atoms with Crippen LogP contribution in [-0.4, -0.2) is 12.3 Å². The number of hydrogen-bond donors (Lipinski definition) is 0. The molecule has 1 heteroatoms. The second-order valence-corrected chi connectivity index (χ2v) is 3.77. The van der Waals surface area contributed by atoms with Crippen LogP contribution in [0.4, 0.5) is 0 Å². The molecular formula is C12H19N. The van der Waals surface area contributed by atoms with E-state index in [9.17, 15) is 0 Å². The predicted octanol–water partition coefficient (Wildman–Crippen LogP) is 3.38. The zero-order valence-corrected chi connectivity index (χ0v) is 8.83. The average molecular weight is 177 g/mol. The minimum Gasteiger partial charge on any atom is -0.289 e. The van der Waals surface area contributed by atoms with Gasteiger partial charge in [0.05, 0.1) is 6.04 Å². The lowest BCUT2D eigenvalue weighted by atomic mass is 10.0. The van der Waals surface area contributed by atoms with Gasteiger partial charge in [0, 0.05) is 6.21 Å². The molecule has 13 heavy (non-hydrogen) atoms. The van der Waals surface area contributed by atoms with Gasteiger partial charge in [0.15, 0.2) is 0 Å². The SMILES string of the molecule is CCC(C)C=NC1CC=CC=C1C. The van der Waals surface area contributed by atoms with E-state index in [1.807, 2.05) is 0 Å². The van der Waals surface area contributed by atoms with Gasteiger partial charge >= 0.3 is 0 Å². The molecule has 1 aliphatic rings. The normalized spacial score (nSPS) is 24.8. The van der Waals surface area contributed by atoms with Gasteiger partial charge < -0.3 is 0 Å². The van der Waals surface area contributed by atoms with Crippen LogP contribution in [0.5, 0.6) is 0 Å². The van der Waals surface area contributed by atoms with E-state index in [-0.39, 0.29) is 0 Å². The molecule has 0 N–H and O–H groups in total. The molecule has 2 unspecified atom stereocenters. The van der Waals surface area contributed by atoms with E-state index in [1.165, 1.54) is 12.0 Å². The first-order valence-corrected chi connectivity index (χ1v) is 5.10. The third-order valence-electron chi connectivity index (χ3n) is 2.54. The number of rotatable bonds is 3. The fourth-order valence-corrected chi connectivity index (χ4v) is 1.26. The molecule has 0 saturated carbocycles. The summed E-state index contributed by atoms with van der Waals surface area (Å²) in [6.45, 7) is 6.56. The fourth-order valence-electron chi connectivity index (χ4n) is 1.26. The van der Waals surface area contributed by atoms with Crippen LogP contribution in [0.15, 0.2) is 28.8 Å². The summed E-state index contributed by atoms with van der Waals surface area (Å²) in [6, 6.07) is 0.402. The van der Waals surface area contributed by atoms with Crippen LogP contribution >= 0.6 is 0 Å². The Morgan fingerprint density at radius 3 is 3.08 bits per heavy atom. The first kappa shape index (κ1) is 10.2. The fraction of sp³-hybridized carbons (Fsp3) is 0.583. The lowest BCUT2D eigenvalue weighted by Gasteiger charge is -2.14. The summed E-state index contributed by atoms with van der Waals surface area (Å²) in [5.74, 6) is 0.610. The van der Waals surface area contributed by atoms with Crippen LogP contribution < -0.4 is 0 Å². The van der Waals surface area contributed by atoms with Crippen LogP contribution in [0, 0.1) is 5.92 Å². The molecule has 0 aromatic carbocycles. The van der Waals surface area contributed by atoms with Crippen molar-refractivity contribution in [3.63, 3.8) is 0 Å². The van der Waals surface area contributed by atoms with Crippen LogP contribution in [0.3, 0.4) is 0 Å². The van der Waals surface area contributed by atoms with Gasteiger partial charge in [-0.1, -0.05) is 32.1 Å². The quantitative estimate of drug-likeness (QED) is 0.586. The molecule has 1 aliphatic carbocycles. The van der Waals surface area contributed by atoms with E-state index >= 15 is 0 Å². The molecule has 0 radical (unpaired) electrons. The standard InChI is InChI=1S/C12H19N/c1-4-10(2)9-13-12-8-6-5-7-11(12)3/h5-7,9-10,12H,4,8H2,1-3H3. The lowest BCUT2D eigenvalue weighted by Crippen LogP contribution is -2.09. The molecule has 0 fully saturated rings. The van der Waals surface area contributed by atoms with E-state index < -0.39 is 0 Å². The molecule has 0 spiro atoms. The van der Waals surface area contributed by atoms with Crippen molar-refractivity contribution in [2.75, 3.05) is 0 Å². The van der Waals surface area contributed by atoms with Crippen LogP contribution in [-0.2, 0) is 0 Å². The molecule has 0 aromatic heterocycles. The highest BCUT2D eigenvalue weighted by Gasteiger charge is 2.08. The maximum absolute atomic E-state index is 4.59. The van der Waals surface area contributed by atoms with Crippen molar-refractivity contribution in [2.45, 2.75) is 39.7 Å². The van der Waals surface area contributed by atoms with Crippen LogP contribution in [0.1, 0.15) is 33.6 Å². The highest BCUT2D eigenvalue weighted by molar-refractivity contribution is 5.60. The summed E-state index contributed by atoms with van der Waals surface area (Å²) in [5.41, 5.74) is 1.38. The first-order valence-electron chi connectivity index (χ1n) is 5.10. The van der Waals surface area contributed by atoms with E-state index in [4.69, 9.17) is 0 Å². The van der Waals surface area contributed by atoms with E-state index in [0.717, 1.165) is 6.42 Å². The smallest absolute Gasteiger partial charge is 0.0740 e. The summed E-state index contributed by atoms with van der Waals surface area (Å²) in [6.07, 6.45) is 10.8. The summed E-state index contributed by atoms with van der Waals surface area (Å²) in [4.78, 5) is 4.59. The van der Waals surface area contributed by atoms with Crippen molar-refractivity contribution in [1.82, 2.24) is 0 Å². The molecule has 0 saturated heterocycles. The number of nitrogens with zero attached hydrogens (tertiary/aromatic N) is 1. The van der Waals surface area contributed by atoms with Gasteiger partial charge in [0.25, 0.3) is 0 Å². The van der Waals surface area contributed by atoms with Gasteiger partial charge in [0.2, 0.25) is 0 Å². The van der Waals surface area contributed by atoms with Crippen molar-refractivity contribution in [3.05, 3.63) is 23.8 Å². The number of allylic oxidation sites excluding steroid dienone is 2. The van der Waals surface area contributed by atoms with Crippen LogP contribution in [0.25, 0.3) is 0 Å². The third-order valence-corrected chi connectivity index (χ3v) is 2.54. The Balaban J connectivity index is 2.50. The Kier molecular flexibility index (Phi) is 3.94. The topological polar surface area (TPSA) is 12.4 Å². The maximum Gasteiger partial charge on any atom is 0.0740 e. The monoisotopic (exact) mass is 177 g/mol. The van der Waals surface area contributed by atoms with Gasteiger partial charge in [-0.3, -0.25) is 4.99 Å². The molecule has 0 aliphatic heterocycles. The zero-order chi connectivity index (χ0) is 9.68. The van der Waals surface area contributed by atoms with Gasteiger partial charge in [0.1, 0.15) is 0 Å². The molecule has 1 rings (SSSR count). The summed E-state index contributed by atoms with van der Waals surface area (Å²) in [7, 11) is 0. The second kappa shape index (κ2) is 5.00. The largest absolute Gasteiger partial charge is 0.289 e. The van der Waals surface area contributed by atoms with Crippen molar-refractivity contribution < 1.29 is 0 Å². The molecule has 0 amide bonds. The molecule has 0 aromatic rings. The van der Waals surface area contributed by atoms with Crippen molar-refractivity contribution >= 4 is 6.21 Å². The van der Waals surface area contributed by atoms with Gasteiger partial charge in [-0.15, -0.1) is 0 Å². The first-order chi connectivity index (χ1) is 6.24. The number of hydrogen-bond acceptors (Lipinski definition) is 1. The summed E-state index contributed by atoms with van der Waals surface area (Å²) in [5, 5.41) is 0. The minimum absolute atomic E-state index is 0.402. The average Bonchev–Trinajstić information content (AvgIpc) is 2.16. The molecule has 0 bridgehead atoms. The maximum atomic E-state index is 4.59. The van der Waals surface area contributed by atoms with Crippen molar-refractivity contribution in [3.8, 4) is 0 Å². The Morgan fingerprint density at radius 2 is 2.46 bits per heavy atom. The van der Waals surface area contributed by atoms with Crippen molar-refractivity contribution in [1.29, 1.82) is 0 Å². The Bertz CT molecular complexity index is 236. The summed E-state index contributed by atoms with van der Waals surface area (Å²) >= 11 is 0. The third kappa shape index (κ3) is 3.17. The van der Waals surface area contributed by atoms with Crippen LogP contribution in [0.2, 0.25) is 0 Å². The van der Waals surface area contributed by atoms with E-state index in [1.54, 1.807) is 0 Å². The number of aliphatic imine (C=N–C) groups is 1. The van der Waals surface area contributed by atoms with E-state index in [0.29, 0.717) is 12.0 Å². The minimum atomic E-state index is 0.402. The predicted molar refractivity (Wildman–Crippen MR) is 59.2 cm³/mol. The highest BCUT2D eigenvalue weighted by Crippen LogP contribution is 2.15. The molecule has 0 heterocycles. The van der Waals surface area contributed by atoms with Crippen molar-refractivity contribution in [2.24, 2.45) is 10.9 Å². The molecule has 1 nitrogen and oxygen atoms in total. The summed E-state index contributed by atoms with van der Waals surface area (Å²) < 4.78 is 0. The van der Waals surface area contributed by atoms with Gasteiger partial charge in [-0.05, 0) is 31.3 Å². The Labute approximate surface area is 81.3 Å². The highest BCUT2D eigenvalue weighted by atomic mass is 14.8. The molecule has 72 valence electrons. The van der Waals surface area contributed by atoms with E-state index in [2.05, 4.69) is 50.2 Å². The van der Waals surface area contributed by atoms with Gasteiger partial charge in [-0.2, -0.15) is 0 Å². The zero-order valence-electron chi connectivity index (χ0n) is 8.83. The molecule has 2 atom stereocenters. The molecular weight excluding hydrogens is 158 g/mol. The lowest BCUT2D eigenvalue weighted by molar-refractivity contribution is 0.725. The van der Waals surface area contributed by atoms with Gasteiger partial charge in [-0.25, -0.2) is 0 Å². The second-order valence-electron chi connectivity index (χ2n) is 3.77. The Morgan fingerprint density at radius 1 is 1.69 bits per heavy atom. The Hall–Kier alpha value is -0.850.